The summed E-state index contributed by atoms with van der Waals surface area (Å²) in [6.45, 7) is 0.607. The number of rotatable bonds is 7. The maximum atomic E-state index is 12.5. The van der Waals surface area contributed by atoms with Crippen LogP contribution in [0.5, 0.6) is 0 Å². The summed E-state index contributed by atoms with van der Waals surface area (Å²) in [5.74, 6) is -0.142. The number of carbonyl (C=O) groups is 1. The summed E-state index contributed by atoms with van der Waals surface area (Å²) in [5.41, 5.74) is 1.36. The van der Waals surface area contributed by atoms with Crippen LogP contribution in [0.25, 0.3) is 10.9 Å². The fourth-order valence-corrected chi connectivity index (χ4v) is 3.99. The highest BCUT2D eigenvalue weighted by Crippen LogP contribution is 2.30. The summed E-state index contributed by atoms with van der Waals surface area (Å²) in [6.07, 6.45) is 0.154. The molecule has 0 saturated carbocycles. The average molecular weight is 417 g/mol. The topological polar surface area (TPSA) is 76.9 Å². The minimum absolute atomic E-state index is 0.142. The molecule has 30 heavy (non-hydrogen) atoms. The van der Waals surface area contributed by atoms with Gasteiger partial charge in [-0.15, -0.1) is 5.10 Å². The van der Waals surface area contributed by atoms with E-state index in [9.17, 15) is 9.59 Å². The van der Waals surface area contributed by atoms with Crippen LogP contribution in [-0.2, 0) is 17.9 Å². The molecule has 7 heteroatoms. The molecule has 1 amide bonds. The molecular weight excluding hydrogens is 396 g/mol. The Hall–Kier alpha value is -3.45. The van der Waals surface area contributed by atoms with Crippen LogP contribution >= 0.6 is 11.8 Å². The maximum absolute atomic E-state index is 12.5. The van der Waals surface area contributed by atoms with Gasteiger partial charge in [-0.05, 0) is 35.9 Å². The molecule has 3 aromatic carbocycles. The highest BCUT2D eigenvalue weighted by atomic mass is 32.2. The average Bonchev–Trinajstić information content (AvgIpc) is 2.79. The van der Waals surface area contributed by atoms with E-state index in [1.54, 1.807) is 30.0 Å². The number of aromatic nitrogens is 3. The first-order valence-electron chi connectivity index (χ1n) is 9.61. The third-order valence-electron chi connectivity index (χ3n) is 4.60. The van der Waals surface area contributed by atoms with Gasteiger partial charge in [-0.3, -0.25) is 9.59 Å². The van der Waals surface area contributed by atoms with E-state index < -0.39 is 0 Å². The second kappa shape index (κ2) is 9.37. The SMILES string of the molecule is O=C(CCn1nnc2ccccc2c1=O)NCc1ccccc1Sc1ccccc1. The first-order valence-corrected chi connectivity index (χ1v) is 10.4. The van der Waals surface area contributed by atoms with Crippen molar-refractivity contribution in [1.29, 1.82) is 0 Å². The van der Waals surface area contributed by atoms with Gasteiger partial charge in [-0.2, -0.15) is 0 Å². The molecule has 150 valence electrons. The van der Waals surface area contributed by atoms with Gasteiger partial charge >= 0.3 is 0 Å². The molecule has 0 radical (unpaired) electrons. The minimum Gasteiger partial charge on any atom is -0.352 e. The van der Waals surface area contributed by atoms with Crippen molar-refractivity contribution >= 4 is 28.6 Å². The van der Waals surface area contributed by atoms with E-state index in [1.165, 1.54) is 4.68 Å². The number of nitrogens with zero attached hydrogens (tertiary/aromatic N) is 3. The molecule has 0 bridgehead atoms. The molecule has 0 aliphatic carbocycles. The van der Waals surface area contributed by atoms with E-state index in [0.29, 0.717) is 17.4 Å². The molecule has 6 nitrogen and oxygen atoms in total. The Kier molecular flexibility index (Phi) is 6.20. The molecule has 0 unspecified atom stereocenters. The van der Waals surface area contributed by atoms with Gasteiger partial charge in [0.25, 0.3) is 5.56 Å². The van der Waals surface area contributed by atoms with Crippen molar-refractivity contribution < 1.29 is 4.79 Å². The summed E-state index contributed by atoms with van der Waals surface area (Å²) < 4.78 is 1.24. The zero-order valence-corrected chi connectivity index (χ0v) is 17.0. The summed E-state index contributed by atoms with van der Waals surface area (Å²) >= 11 is 1.66. The van der Waals surface area contributed by atoms with Gasteiger partial charge in [0.05, 0.1) is 11.9 Å². The van der Waals surface area contributed by atoms with Crippen LogP contribution in [0.2, 0.25) is 0 Å². The molecule has 0 atom stereocenters. The van der Waals surface area contributed by atoms with Gasteiger partial charge in [0.15, 0.2) is 0 Å². The summed E-state index contributed by atoms with van der Waals surface area (Å²) in [6, 6.07) is 25.2. The largest absolute Gasteiger partial charge is 0.352 e. The Labute approximate surface area is 177 Å². The molecule has 1 aromatic heterocycles. The van der Waals surface area contributed by atoms with Crippen molar-refractivity contribution in [2.75, 3.05) is 0 Å². The van der Waals surface area contributed by atoms with Gasteiger partial charge in [0.2, 0.25) is 5.91 Å². The Balaban J connectivity index is 1.37. The first-order chi connectivity index (χ1) is 14.7. The third kappa shape index (κ3) is 4.75. The quantitative estimate of drug-likeness (QED) is 0.498. The maximum Gasteiger partial charge on any atom is 0.277 e. The molecule has 0 spiro atoms. The molecule has 0 aliphatic rings. The Bertz CT molecular complexity index is 1220. The third-order valence-corrected chi connectivity index (χ3v) is 5.73. The lowest BCUT2D eigenvalue weighted by atomic mass is 10.2. The van der Waals surface area contributed by atoms with E-state index in [1.807, 2.05) is 48.5 Å². The highest BCUT2D eigenvalue weighted by molar-refractivity contribution is 7.99. The number of benzene rings is 3. The molecular formula is C23H20N4O2S. The number of amides is 1. The lowest BCUT2D eigenvalue weighted by Crippen LogP contribution is -2.29. The molecule has 1 heterocycles. The fourth-order valence-electron chi connectivity index (χ4n) is 3.02. The second-order valence-electron chi connectivity index (χ2n) is 6.68. The van der Waals surface area contributed by atoms with Gasteiger partial charge in [-0.1, -0.05) is 65.5 Å². The van der Waals surface area contributed by atoms with Crippen LogP contribution in [-0.4, -0.2) is 20.9 Å². The number of nitrogens with one attached hydrogen (secondary N) is 1. The van der Waals surface area contributed by atoms with E-state index in [4.69, 9.17) is 0 Å². The lowest BCUT2D eigenvalue weighted by molar-refractivity contribution is -0.121. The van der Waals surface area contributed by atoms with Crippen molar-refractivity contribution in [1.82, 2.24) is 20.3 Å². The van der Waals surface area contributed by atoms with Crippen LogP contribution < -0.4 is 10.9 Å². The van der Waals surface area contributed by atoms with Crippen molar-refractivity contribution in [3.05, 3.63) is 94.8 Å². The van der Waals surface area contributed by atoms with Gasteiger partial charge in [-0.25, -0.2) is 4.68 Å². The molecule has 1 N–H and O–H groups in total. The lowest BCUT2D eigenvalue weighted by Gasteiger charge is -2.11. The van der Waals surface area contributed by atoms with Crippen molar-refractivity contribution in [3.8, 4) is 0 Å². The predicted molar refractivity (Wildman–Crippen MR) is 117 cm³/mol. The first kappa shape index (κ1) is 19.8. The van der Waals surface area contributed by atoms with Crippen LogP contribution in [0.3, 0.4) is 0 Å². The normalized spacial score (nSPS) is 10.8. The van der Waals surface area contributed by atoms with E-state index in [-0.39, 0.29) is 24.4 Å². The minimum atomic E-state index is -0.238. The molecule has 0 fully saturated rings. The van der Waals surface area contributed by atoms with Crippen molar-refractivity contribution in [2.24, 2.45) is 0 Å². The van der Waals surface area contributed by atoms with Crippen molar-refractivity contribution in [2.45, 2.75) is 29.3 Å². The monoisotopic (exact) mass is 416 g/mol. The number of fused-ring (bicyclic) bond motifs is 1. The van der Waals surface area contributed by atoms with E-state index in [0.717, 1.165) is 15.4 Å². The highest BCUT2D eigenvalue weighted by Gasteiger charge is 2.09. The zero-order chi connectivity index (χ0) is 20.8. The predicted octanol–water partition coefficient (Wildman–Crippen LogP) is 3.65. The Morgan fingerprint density at radius 3 is 2.53 bits per heavy atom. The summed E-state index contributed by atoms with van der Waals surface area (Å²) in [5, 5.41) is 11.4. The molecule has 0 saturated heterocycles. The zero-order valence-electron chi connectivity index (χ0n) is 16.2. The van der Waals surface area contributed by atoms with Crippen LogP contribution in [0.15, 0.2) is 93.4 Å². The second-order valence-corrected chi connectivity index (χ2v) is 7.80. The Morgan fingerprint density at radius 2 is 1.67 bits per heavy atom. The number of hydrogen-bond acceptors (Lipinski definition) is 5. The molecule has 4 rings (SSSR count). The van der Waals surface area contributed by atoms with Gasteiger partial charge in [0.1, 0.15) is 5.52 Å². The van der Waals surface area contributed by atoms with E-state index >= 15 is 0 Å². The smallest absolute Gasteiger partial charge is 0.277 e. The summed E-state index contributed by atoms with van der Waals surface area (Å²) in [7, 11) is 0. The number of carbonyl (C=O) groups excluding carboxylic acids is 1. The van der Waals surface area contributed by atoms with Gasteiger partial charge in [0, 0.05) is 22.8 Å². The van der Waals surface area contributed by atoms with Crippen LogP contribution in [0.1, 0.15) is 12.0 Å². The molecule has 4 aromatic rings. The standard InChI is InChI=1S/C23H20N4O2S/c28-22(14-15-27-23(29)19-11-5-6-12-20(19)25-26-27)24-16-17-8-4-7-13-21(17)30-18-9-2-1-3-10-18/h1-13H,14-16H2,(H,24,28). The van der Waals surface area contributed by atoms with Gasteiger partial charge < -0.3 is 5.32 Å². The Morgan fingerprint density at radius 1 is 0.933 bits per heavy atom. The van der Waals surface area contributed by atoms with Crippen LogP contribution in [0.4, 0.5) is 0 Å². The molecule has 0 aliphatic heterocycles. The number of hydrogen-bond donors (Lipinski definition) is 1. The van der Waals surface area contributed by atoms with E-state index in [2.05, 4.69) is 27.8 Å². The fraction of sp³-hybridized carbons (Fsp3) is 0.130. The van der Waals surface area contributed by atoms with Crippen molar-refractivity contribution in [3.63, 3.8) is 0 Å². The van der Waals surface area contributed by atoms with Crippen LogP contribution in [0, 0.1) is 0 Å². The number of aryl methyl sites for hydroxylation is 1. The summed E-state index contributed by atoms with van der Waals surface area (Å²) in [4.78, 5) is 27.1.